The molecule has 0 radical (unpaired) electrons. The van der Waals surface area contributed by atoms with Gasteiger partial charge < -0.3 is 4.57 Å². The molecule has 0 atom stereocenters. The molecular formula is C14H12N4O. The number of carbonyl (C=O) groups excluding carboxylic acids is 1. The summed E-state index contributed by atoms with van der Waals surface area (Å²) in [7, 11) is 0. The first-order valence-corrected chi connectivity index (χ1v) is 5.73. The monoisotopic (exact) mass is 252 g/mol. The lowest BCUT2D eigenvalue weighted by Crippen LogP contribution is -2.16. The first-order valence-electron chi connectivity index (χ1n) is 5.73. The van der Waals surface area contributed by atoms with Gasteiger partial charge in [-0.3, -0.25) is 4.79 Å². The van der Waals surface area contributed by atoms with Gasteiger partial charge in [-0.25, -0.2) is 5.43 Å². The fourth-order valence-corrected chi connectivity index (χ4v) is 1.60. The van der Waals surface area contributed by atoms with E-state index >= 15 is 0 Å². The van der Waals surface area contributed by atoms with Gasteiger partial charge in [0, 0.05) is 11.9 Å². The molecule has 1 amide bonds. The van der Waals surface area contributed by atoms with Gasteiger partial charge in [0.15, 0.2) is 0 Å². The summed E-state index contributed by atoms with van der Waals surface area (Å²) in [5.74, 6) is -0.420. The molecule has 0 unspecified atom stereocenters. The van der Waals surface area contributed by atoms with Crippen LogP contribution in [0.25, 0.3) is 5.69 Å². The van der Waals surface area contributed by atoms with Crippen LogP contribution in [0.3, 0.4) is 0 Å². The van der Waals surface area contributed by atoms with Crippen molar-refractivity contribution in [2.24, 2.45) is 5.10 Å². The number of rotatable bonds is 4. The first-order chi connectivity index (χ1) is 9.31. The number of amides is 1. The van der Waals surface area contributed by atoms with Gasteiger partial charge in [0.05, 0.1) is 18.0 Å². The number of benzene rings is 1. The molecule has 1 N–H and O–H groups in total. The standard InChI is InChI=1S/C14H12N4O/c15-9-8-14(19)17-16-11-13-7-4-10-18(13)12-5-2-1-3-6-12/h1-7,10-11H,8H2,(H,17,19)/b16-11+. The zero-order chi connectivity index (χ0) is 13.5. The van der Waals surface area contributed by atoms with E-state index < -0.39 is 5.91 Å². The lowest BCUT2D eigenvalue weighted by molar-refractivity contribution is -0.120. The van der Waals surface area contributed by atoms with Crippen LogP contribution in [0.15, 0.2) is 53.8 Å². The average Bonchev–Trinajstić information content (AvgIpc) is 2.88. The molecule has 0 aliphatic heterocycles. The van der Waals surface area contributed by atoms with Crippen molar-refractivity contribution in [3.05, 3.63) is 54.4 Å². The molecule has 1 aromatic heterocycles. The van der Waals surface area contributed by atoms with Gasteiger partial charge in [-0.15, -0.1) is 0 Å². The van der Waals surface area contributed by atoms with Crippen LogP contribution < -0.4 is 5.43 Å². The highest BCUT2D eigenvalue weighted by molar-refractivity contribution is 5.82. The Kier molecular flexibility index (Phi) is 4.09. The predicted molar refractivity (Wildman–Crippen MR) is 71.7 cm³/mol. The summed E-state index contributed by atoms with van der Waals surface area (Å²) in [6.07, 6.45) is 3.26. The van der Waals surface area contributed by atoms with Gasteiger partial charge in [0.25, 0.3) is 5.91 Å². The second-order valence-electron chi connectivity index (χ2n) is 3.77. The molecule has 5 heteroatoms. The average molecular weight is 252 g/mol. The summed E-state index contributed by atoms with van der Waals surface area (Å²) < 4.78 is 1.94. The molecule has 19 heavy (non-hydrogen) atoms. The Balaban J connectivity index is 2.11. The van der Waals surface area contributed by atoms with Crippen molar-refractivity contribution >= 4 is 12.1 Å². The van der Waals surface area contributed by atoms with E-state index in [0.717, 1.165) is 11.4 Å². The summed E-state index contributed by atoms with van der Waals surface area (Å²) in [6, 6.07) is 15.3. The third kappa shape index (κ3) is 3.30. The van der Waals surface area contributed by atoms with Crippen molar-refractivity contribution in [2.75, 3.05) is 0 Å². The molecule has 0 saturated carbocycles. The third-order valence-corrected chi connectivity index (χ3v) is 2.44. The van der Waals surface area contributed by atoms with Crippen molar-refractivity contribution in [1.29, 1.82) is 5.26 Å². The van der Waals surface area contributed by atoms with Gasteiger partial charge in [0.2, 0.25) is 0 Å². The maximum Gasteiger partial charge on any atom is 0.254 e. The molecule has 2 aromatic rings. The maximum absolute atomic E-state index is 11.1. The van der Waals surface area contributed by atoms with Gasteiger partial charge in [0.1, 0.15) is 6.42 Å². The second kappa shape index (κ2) is 6.17. The van der Waals surface area contributed by atoms with Crippen molar-refractivity contribution in [3.63, 3.8) is 0 Å². The summed E-state index contributed by atoms with van der Waals surface area (Å²) in [4.78, 5) is 11.1. The molecule has 0 aliphatic carbocycles. The molecule has 94 valence electrons. The Morgan fingerprint density at radius 1 is 1.32 bits per heavy atom. The van der Waals surface area contributed by atoms with Gasteiger partial charge in [-0.2, -0.15) is 10.4 Å². The van der Waals surface area contributed by atoms with Crippen molar-refractivity contribution in [3.8, 4) is 11.8 Å². The number of nitriles is 1. The smallest absolute Gasteiger partial charge is 0.254 e. The van der Waals surface area contributed by atoms with Crippen molar-refractivity contribution in [1.82, 2.24) is 9.99 Å². The van der Waals surface area contributed by atoms with Crippen molar-refractivity contribution in [2.45, 2.75) is 6.42 Å². The number of hydrazone groups is 1. The number of carbonyl (C=O) groups is 1. The van der Waals surface area contributed by atoms with E-state index in [4.69, 9.17) is 5.26 Å². The van der Waals surface area contributed by atoms with Crippen LogP contribution in [-0.4, -0.2) is 16.7 Å². The Morgan fingerprint density at radius 2 is 2.11 bits per heavy atom. The zero-order valence-electron chi connectivity index (χ0n) is 10.2. The minimum Gasteiger partial charge on any atom is -0.316 e. The Hall–Kier alpha value is -2.87. The molecule has 0 fully saturated rings. The number of para-hydroxylation sites is 1. The number of nitrogens with one attached hydrogen (secondary N) is 1. The largest absolute Gasteiger partial charge is 0.316 e. The summed E-state index contributed by atoms with van der Waals surface area (Å²) in [6.45, 7) is 0. The van der Waals surface area contributed by atoms with Gasteiger partial charge in [-0.05, 0) is 24.3 Å². The number of nitrogens with zero attached hydrogens (tertiary/aromatic N) is 3. The topological polar surface area (TPSA) is 70.2 Å². The second-order valence-corrected chi connectivity index (χ2v) is 3.77. The van der Waals surface area contributed by atoms with E-state index in [0.29, 0.717) is 0 Å². The summed E-state index contributed by atoms with van der Waals surface area (Å²) in [5, 5.41) is 12.2. The van der Waals surface area contributed by atoms with E-state index in [1.807, 2.05) is 53.2 Å². The van der Waals surface area contributed by atoms with Crippen LogP contribution in [0.4, 0.5) is 0 Å². The maximum atomic E-state index is 11.1. The molecular weight excluding hydrogens is 240 g/mol. The van der Waals surface area contributed by atoms with E-state index in [1.54, 1.807) is 12.3 Å². The third-order valence-electron chi connectivity index (χ3n) is 2.44. The highest BCUT2D eigenvalue weighted by atomic mass is 16.2. The molecule has 0 spiro atoms. The SMILES string of the molecule is N#CCC(=O)N/N=C/c1cccn1-c1ccccc1. The van der Waals surface area contributed by atoms with Crippen LogP contribution >= 0.6 is 0 Å². The van der Waals surface area contributed by atoms with Gasteiger partial charge >= 0.3 is 0 Å². The lowest BCUT2D eigenvalue weighted by Gasteiger charge is -2.05. The Morgan fingerprint density at radius 3 is 2.84 bits per heavy atom. The molecule has 1 heterocycles. The summed E-state index contributed by atoms with van der Waals surface area (Å²) >= 11 is 0. The van der Waals surface area contributed by atoms with Crippen LogP contribution in [0.2, 0.25) is 0 Å². The summed E-state index contributed by atoms with van der Waals surface area (Å²) in [5.41, 5.74) is 4.14. The number of hydrogen-bond donors (Lipinski definition) is 1. The molecule has 0 bridgehead atoms. The fraction of sp³-hybridized carbons (Fsp3) is 0.0714. The molecule has 2 rings (SSSR count). The van der Waals surface area contributed by atoms with Gasteiger partial charge in [-0.1, -0.05) is 18.2 Å². The number of aromatic nitrogens is 1. The highest BCUT2D eigenvalue weighted by Crippen LogP contribution is 2.10. The minimum absolute atomic E-state index is 0.197. The normalized spacial score (nSPS) is 10.3. The number of hydrogen-bond acceptors (Lipinski definition) is 3. The molecule has 5 nitrogen and oxygen atoms in total. The predicted octanol–water partition coefficient (Wildman–Crippen LogP) is 1.84. The molecule has 1 aromatic carbocycles. The Bertz CT molecular complexity index is 622. The van der Waals surface area contributed by atoms with Crippen LogP contribution in [0, 0.1) is 11.3 Å². The van der Waals surface area contributed by atoms with E-state index in [9.17, 15) is 4.79 Å². The van der Waals surface area contributed by atoms with Crippen LogP contribution in [0.1, 0.15) is 12.1 Å². The lowest BCUT2D eigenvalue weighted by atomic mass is 10.3. The highest BCUT2D eigenvalue weighted by Gasteiger charge is 2.00. The van der Waals surface area contributed by atoms with E-state index in [-0.39, 0.29) is 6.42 Å². The van der Waals surface area contributed by atoms with Crippen molar-refractivity contribution < 1.29 is 4.79 Å². The first kappa shape index (κ1) is 12.6. The molecule has 0 saturated heterocycles. The minimum atomic E-state index is -0.420. The quantitative estimate of drug-likeness (QED) is 0.666. The fourth-order valence-electron chi connectivity index (χ4n) is 1.60. The Labute approximate surface area is 110 Å². The van der Waals surface area contributed by atoms with Crippen LogP contribution in [0.5, 0.6) is 0 Å². The van der Waals surface area contributed by atoms with E-state index in [1.165, 1.54) is 0 Å². The molecule has 0 aliphatic rings. The van der Waals surface area contributed by atoms with Crippen LogP contribution in [-0.2, 0) is 4.79 Å². The zero-order valence-corrected chi connectivity index (χ0v) is 10.2. The van der Waals surface area contributed by atoms with E-state index in [2.05, 4.69) is 10.5 Å².